The summed E-state index contributed by atoms with van der Waals surface area (Å²) in [7, 11) is 1.71. The molecule has 0 unspecified atom stereocenters. The van der Waals surface area contributed by atoms with Gasteiger partial charge in [-0.05, 0) is 43.0 Å². The van der Waals surface area contributed by atoms with Gasteiger partial charge in [0.1, 0.15) is 12.1 Å². The van der Waals surface area contributed by atoms with Crippen LogP contribution < -0.4 is 5.32 Å². The summed E-state index contributed by atoms with van der Waals surface area (Å²) in [5.41, 5.74) is 0.832. The van der Waals surface area contributed by atoms with Gasteiger partial charge in [0.25, 0.3) is 17.3 Å². The molecule has 4 rings (SSSR count). The smallest absolute Gasteiger partial charge is 0.284 e. The molecule has 2 aromatic carbocycles. The van der Waals surface area contributed by atoms with E-state index >= 15 is 0 Å². The third-order valence-electron chi connectivity index (χ3n) is 4.67. The summed E-state index contributed by atoms with van der Waals surface area (Å²) in [5.74, 6) is -0.280. The molecule has 0 saturated carbocycles. The van der Waals surface area contributed by atoms with Crippen molar-refractivity contribution < 1.29 is 14.6 Å². The van der Waals surface area contributed by atoms with E-state index < -0.39 is 15.8 Å². The number of nitro groups is 2. The Kier molecular flexibility index (Phi) is 6.05. The fourth-order valence-corrected chi connectivity index (χ4v) is 3.89. The number of rotatable bonds is 7. The van der Waals surface area contributed by atoms with Crippen LogP contribution in [0, 0.1) is 27.2 Å². The van der Waals surface area contributed by atoms with E-state index in [1.807, 2.05) is 0 Å². The van der Waals surface area contributed by atoms with Gasteiger partial charge in [-0.1, -0.05) is 0 Å². The first kappa shape index (κ1) is 22.6. The van der Waals surface area contributed by atoms with Crippen LogP contribution in [0.5, 0.6) is 0 Å². The Morgan fingerprint density at radius 1 is 1.06 bits per heavy atom. The number of hydrogen-bond acceptors (Lipinski definition) is 9. The predicted octanol–water partition coefficient (Wildman–Crippen LogP) is 3.53. The first-order chi connectivity index (χ1) is 16.2. The lowest BCUT2D eigenvalue weighted by Crippen LogP contribution is -2.15. The number of aryl methyl sites for hydroxylation is 2. The summed E-state index contributed by atoms with van der Waals surface area (Å²) in [6, 6.07) is 11.4. The second kappa shape index (κ2) is 9.11. The van der Waals surface area contributed by atoms with Crippen LogP contribution in [0.15, 0.2) is 64.9 Å². The Labute approximate surface area is 195 Å². The van der Waals surface area contributed by atoms with Gasteiger partial charge in [-0.25, -0.2) is 4.68 Å². The summed E-state index contributed by atoms with van der Waals surface area (Å²) in [6.45, 7) is 1.72. The third-order valence-corrected chi connectivity index (χ3v) is 5.78. The van der Waals surface area contributed by atoms with Crippen molar-refractivity contribution in [3.05, 3.63) is 86.3 Å². The first-order valence-corrected chi connectivity index (χ1v) is 10.5. The molecule has 13 nitrogen and oxygen atoms in total. The minimum Gasteiger partial charge on any atom is -0.311 e. The summed E-state index contributed by atoms with van der Waals surface area (Å²) >= 11 is 1.06. The molecule has 2 aromatic heterocycles. The van der Waals surface area contributed by atoms with E-state index in [2.05, 4.69) is 20.6 Å². The molecule has 14 heteroatoms. The van der Waals surface area contributed by atoms with Crippen LogP contribution >= 0.6 is 11.8 Å². The van der Waals surface area contributed by atoms with Gasteiger partial charge in [0.15, 0.2) is 5.16 Å². The number of anilines is 1. The number of carbonyl (C=O) groups is 1. The molecule has 0 bridgehead atoms. The highest BCUT2D eigenvalue weighted by atomic mass is 32.2. The lowest BCUT2D eigenvalue weighted by Gasteiger charge is -2.10. The van der Waals surface area contributed by atoms with Crippen LogP contribution in [0.2, 0.25) is 0 Å². The molecule has 0 atom stereocenters. The van der Waals surface area contributed by atoms with E-state index in [0.29, 0.717) is 27.3 Å². The van der Waals surface area contributed by atoms with Crippen LogP contribution in [-0.4, -0.2) is 40.3 Å². The fraction of sp³-hybridized carbons (Fsp3) is 0.100. The van der Waals surface area contributed by atoms with E-state index in [-0.39, 0.29) is 16.9 Å². The molecule has 34 heavy (non-hydrogen) atoms. The maximum atomic E-state index is 12.9. The van der Waals surface area contributed by atoms with Crippen molar-refractivity contribution in [1.29, 1.82) is 0 Å². The van der Waals surface area contributed by atoms with Gasteiger partial charge >= 0.3 is 0 Å². The second-order valence-corrected chi connectivity index (χ2v) is 8.09. The zero-order chi connectivity index (χ0) is 24.4. The van der Waals surface area contributed by atoms with Gasteiger partial charge in [-0.3, -0.25) is 25.0 Å². The van der Waals surface area contributed by atoms with Crippen molar-refractivity contribution in [2.24, 2.45) is 7.05 Å². The zero-order valence-electron chi connectivity index (χ0n) is 17.8. The lowest BCUT2D eigenvalue weighted by atomic mass is 10.2. The van der Waals surface area contributed by atoms with Crippen molar-refractivity contribution in [2.45, 2.75) is 17.0 Å². The molecule has 0 radical (unpaired) electrons. The Morgan fingerprint density at radius 3 is 2.41 bits per heavy atom. The van der Waals surface area contributed by atoms with Gasteiger partial charge in [0.2, 0.25) is 0 Å². The number of non-ortho nitro benzene ring substituents is 1. The quantitative estimate of drug-likeness (QED) is 0.308. The van der Waals surface area contributed by atoms with Crippen LogP contribution in [-0.2, 0) is 7.05 Å². The maximum Gasteiger partial charge on any atom is 0.284 e. The van der Waals surface area contributed by atoms with Crippen LogP contribution in [0.4, 0.5) is 17.2 Å². The van der Waals surface area contributed by atoms with Gasteiger partial charge < -0.3 is 9.88 Å². The van der Waals surface area contributed by atoms with Crippen molar-refractivity contribution in [3.63, 3.8) is 0 Å². The Hall–Kier alpha value is -4.59. The van der Waals surface area contributed by atoms with E-state index in [9.17, 15) is 25.0 Å². The number of carbonyl (C=O) groups excluding carboxylic acids is 1. The number of nitrogens with zero attached hydrogens (tertiary/aromatic N) is 7. The van der Waals surface area contributed by atoms with Gasteiger partial charge in [0, 0.05) is 36.9 Å². The van der Waals surface area contributed by atoms with Crippen LogP contribution in [0.3, 0.4) is 0 Å². The lowest BCUT2D eigenvalue weighted by molar-refractivity contribution is -0.387. The van der Waals surface area contributed by atoms with Crippen molar-refractivity contribution in [1.82, 2.24) is 24.5 Å². The Bertz CT molecular complexity index is 1410. The molecule has 4 aromatic rings. The van der Waals surface area contributed by atoms with E-state index in [1.54, 1.807) is 24.6 Å². The fourth-order valence-electron chi connectivity index (χ4n) is 3.04. The Morgan fingerprint density at radius 2 is 1.79 bits per heavy atom. The molecular formula is C20H16N8O5S. The molecule has 1 N–H and O–H groups in total. The maximum absolute atomic E-state index is 12.9. The predicted molar refractivity (Wildman–Crippen MR) is 121 cm³/mol. The molecule has 0 aliphatic rings. The average molecular weight is 480 g/mol. The van der Waals surface area contributed by atoms with Gasteiger partial charge in [-0.2, -0.15) is 5.10 Å². The van der Waals surface area contributed by atoms with Crippen LogP contribution in [0.1, 0.15) is 16.1 Å². The highest BCUT2D eigenvalue weighted by Gasteiger charge is 2.21. The number of amides is 1. The van der Waals surface area contributed by atoms with Crippen molar-refractivity contribution in [2.75, 3.05) is 5.32 Å². The average Bonchev–Trinajstić information content (AvgIpc) is 3.38. The van der Waals surface area contributed by atoms with Crippen molar-refractivity contribution in [3.8, 4) is 5.69 Å². The molecule has 2 heterocycles. The highest BCUT2D eigenvalue weighted by molar-refractivity contribution is 7.99. The molecule has 0 fully saturated rings. The van der Waals surface area contributed by atoms with Crippen molar-refractivity contribution >= 4 is 34.9 Å². The second-order valence-electron chi connectivity index (χ2n) is 7.08. The number of aromatic nitrogens is 5. The summed E-state index contributed by atoms with van der Waals surface area (Å²) < 4.78 is 3.04. The number of benzene rings is 2. The number of nitro benzene ring substituents is 2. The molecule has 172 valence electrons. The van der Waals surface area contributed by atoms with E-state index in [0.717, 1.165) is 11.8 Å². The van der Waals surface area contributed by atoms with Gasteiger partial charge in [-0.15, -0.1) is 10.2 Å². The largest absolute Gasteiger partial charge is 0.311 e. The minimum absolute atomic E-state index is 0.0723. The van der Waals surface area contributed by atoms with Crippen LogP contribution in [0.25, 0.3) is 5.69 Å². The molecule has 0 aliphatic carbocycles. The topological polar surface area (TPSA) is 164 Å². The number of hydrogen-bond donors (Lipinski definition) is 1. The monoisotopic (exact) mass is 480 g/mol. The zero-order valence-corrected chi connectivity index (χ0v) is 18.6. The molecule has 1 amide bonds. The van der Waals surface area contributed by atoms with E-state index in [1.165, 1.54) is 53.5 Å². The summed E-state index contributed by atoms with van der Waals surface area (Å²) in [6.07, 6.45) is 1.48. The third kappa shape index (κ3) is 4.61. The summed E-state index contributed by atoms with van der Waals surface area (Å²) in [4.78, 5) is 34.7. The first-order valence-electron chi connectivity index (χ1n) is 9.66. The SMILES string of the molecule is Cc1cc(NC(=O)c2ccc(Sc3nncn3C)c([N+](=O)[O-])c2)n(-c2ccc([N+](=O)[O-])cc2)n1. The highest BCUT2D eigenvalue weighted by Crippen LogP contribution is 2.34. The Balaban J connectivity index is 1.61. The summed E-state index contributed by atoms with van der Waals surface area (Å²) in [5, 5.41) is 37.7. The van der Waals surface area contributed by atoms with Gasteiger partial charge in [0.05, 0.1) is 26.1 Å². The molecule has 0 aliphatic heterocycles. The molecule has 0 spiro atoms. The minimum atomic E-state index is -0.582. The molecular weight excluding hydrogens is 464 g/mol. The number of nitrogens with one attached hydrogen (secondary N) is 1. The molecule has 0 saturated heterocycles. The normalized spacial score (nSPS) is 10.8. The van der Waals surface area contributed by atoms with E-state index in [4.69, 9.17) is 0 Å². The standard InChI is InChI=1S/C20H16N8O5S/c1-12-9-18(26(24-12)14-4-6-15(7-5-14)27(30)31)22-19(29)13-3-8-17(16(10-13)28(32)33)34-20-23-21-11-25(20)2/h3-11H,1-2H3,(H,22,29).